The summed E-state index contributed by atoms with van der Waals surface area (Å²) in [5, 5.41) is 0. The lowest BCUT2D eigenvalue weighted by Gasteiger charge is -2.13. The molecule has 0 fully saturated rings. The van der Waals surface area contributed by atoms with Gasteiger partial charge in [-0.15, -0.1) is 0 Å². The molecule has 0 saturated heterocycles. The van der Waals surface area contributed by atoms with Crippen molar-refractivity contribution in [3.8, 4) is 11.5 Å². The summed E-state index contributed by atoms with van der Waals surface area (Å²) in [6.07, 6.45) is 0. The molecule has 0 bridgehead atoms. The van der Waals surface area contributed by atoms with E-state index in [1.165, 1.54) is 38.5 Å². The molecule has 6 nitrogen and oxygen atoms in total. The molecule has 0 heterocycles. The van der Waals surface area contributed by atoms with Gasteiger partial charge in [0, 0.05) is 11.1 Å². The van der Waals surface area contributed by atoms with Crippen molar-refractivity contribution in [2.45, 2.75) is 12.7 Å². The van der Waals surface area contributed by atoms with Gasteiger partial charge in [-0.1, -0.05) is 12.1 Å². The van der Waals surface area contributed by atoms with Crippen molar-refractivity contribution in [1.82, 2.24) is 4.72 Å². The van der Waals surface area contributed by atoms with Crippen molar-refractivity contribution in [3.05, 3.63) is 58.9 Å². The van der Waals surface area contributed by atoms with E-state index in [0.717, 1.165) is 12.1 Å². The number of carbonyl (C=O) groups excluding carboxylic acids is 1. The smallest absolute Gasteiger partial charge is 0.265 e. The molecule has 2 aromatic rings. The normalized spacial score (nSPS) is 11.0. The van der Waals surface area contributed by atoms with Gasteiger partial charge in [0.25, 0.3) is 5.91 Å². The molecule has 2 aromatic carbocycles. The van der Waals surface area contributed by atoms with E-state index in [1.807, 2.05) is 4.72 Å². The first-order chi connectivity index (χ1) is 11.8. The third-order valence-corrected chi connectivity index (χ3v) is 4.74. The fourth-order valence-electron chi connectivity index (χ4n) is 2.25. The van der Waals surface area contributed by atoms with Crippen molar-refractivity contribution in [3.63, 3.8) is 0 Å². The van der Waals surface area contributed by atoms with Gasteiger partial charge in [-0.05, 0) is 36.8 Å². The third-order valence-electron chi connectivity index (χ3n) is 3.53. The maximum Gasteiger partial charge on any atom is 0.265 e. The van der Waals surface area contributed by atoms with Crippen molar-refractivity contribution < 1.29 is 27.1 Å². The first kappa shape index (κ1) is 18.7. The van der Waals surface area contributed by atoms with E-state index < -0.39 is 27.5 Å². The summed E-state index contributed by atoms with van der Waals surface area (Å²) in [6.45, 7) is 1.75. The monoisotopic (exact) mass is 367 g/mol. The van der Waals surface area contributed by atoms with Gasteiger partial charge in [0.1, 0.15) is 17.3 Å². The zero-order valence-electron chi connectivity index (χ0n) is 14.0. The second-order valence-electron chi connectivity index (χ2n) is 5.32. The zero-order chi connectivity index (χ0) is 18.6. The Morgan fingerprint density at radius 3 is 2.08 bits per heavy atom. The van der Waals surface area contributed by atoms with Crippen molar-refractivity contribution in [2.75, 3.05) is 14.2 Å². The molecule has 0 aliphatic rings. The predicted octanol–water partition coefficient (Wildman–Crippen LogP) is 2.41. The highest BCUT2D eigenvalue weighted by Gasteiger charge is 2.19. The van der Waals surface area contributed by atoms with Crippen molar-refractivity contribution in [2.24, 2.45) is 0 Å². The first-order valence-electron chi connectivity index (χ1n) is 7.27. The summed E-state index contributed by atoms with van der Waals surface area (Å²) < 4.78 is 49.5. The minimum absolute atomic E-state index is 0.0852. The quantitative estimate of drug-likeness (QED) is 0.848. The van der Waals surface area contributed by atoms with Gasteiger partial charge in [-0.2, -0.15) is 0 Å². The molecule has 0 aliphatic carbocycles. The van der Waals surface area contributed by atoms with E-state index in [2.05, 4.69) is 0 Å². The van der Waals surface area contributed by atoms with Crippen LogP contribution in [-0.2, 0) is 15.8 Å². The molecule has 1 amide bonds. The Morgan fingerprint density at radius 1 is 1.08 bits per heavy atom. The Kier molecular flexibility index (Phi) is 5.63. The highest BCUT2D eigenvalue weighted by Crippen LogP contribution is 2.29. The van der Waals surface area contributed by atoms with Crippen LogP contribution in [0.3, 0.4) is 0 Å². The van der Waals surface area contributed by atoms with E-state index in [4.69, 9.17) is 9.47 Å². The van der Waals surface area contributed by atoms with Crippen LogP contribution in [0.25, 0.3) is 0 Å². The molecule has 0 aliphatic heterocycles. The summed E-state index contributed by atoms with van der Waals surface area (Å²) >= 11 is 0. The second-order valence-corrected chi connectivity index (χ2v) is 7.04. The maximum atomic E-state index is 12.9. The fraction of sp³-hybridized carbons (Fsp3) is 0.235. The number of nitrogens with one attached hydrogen (secondary N) is 1. The molecule has 134 valence electrons. The Morgan fingerprint density at radius 2 is 1.60 bits per heavy atom. The minimum Gasteiger partial charge on any atom is -0.496 e. The van der Waals surface area contributed by atoms with Gasteiger partial charge in [0.05, 0.1) is 20.0 Å². The minimum atomic E-state index is -3.95. The zero-order valence-corrected chi connectivity index (χ0v) is 14.8. The van der Waals surface area contributed by atoms with Gasteiger partial charge >= 0.3 is 0 Å². The Balaban J connectivity index is 2.22. The molecular weight excluding hydrogens is 349 g/mol. The first-order valence-corrected chi connectivity index (χ1v) is 8.93. The number of hydrogen-bond acceptors (Lipinski definition) is 5. The number of halogens is 1. The molecule has 0 atom stereocenters. The Hall–Kier alpha value is -2.61. The second kappa shape index (κ2) is 7.52. The van der Waals surface area contributed by atoms with Crippen molar-refractivity contribution in [1.29, 1.82) is 0 Å². The number of amides is 1. The third kappa shape index (κ3) is 4.69. The summed E-state index contributed by atoms with van der Waals surface area (Å²) in [5.74, 6) is -0.914. The lowest BCUT2D eigenvalue weighted by atomic mass is 10.1. The number of benzene rings is 2. The molecule has 0 spiro atoms. The number of ether oxygens (including phenoxy) is 2. The maximum absolute atomic E-state index is 12.9. The van der Waals surface area contributed by atoms with Gasteiger partial charge in [0.2, 0.25) is 10.0 Å². The molecule has 0 radical (unpaired) electrons. The van der Waals surface area contributed by atoms with Crippen LogP contribution in [0.4, 0.5) is 4.39 Å². The van der Waals surface area contributed by atoms with Gasteiger partial charge in [-0.25, -0.2) is 17.5 Å². The average Bonchev–Trinajstić information content (AvgIpc) is 2.56. The van der Waals surface area contributed by atoms with Crippen LogP contribution >= 0.6 is 0 Å². The van der Waals surface area contributed by atoms with Crippen LogP contribution in [0.1, 0.15) is 21.5 Å². The van der Waals surface area contributed by atoms with E-state index in [0.29, 0.717) is 22.6 Å². The van der Waals surface area contributed by atoms with Crippen LogP contribution in [0, 0.1) is 12.7 Å². The molecule has 2 rings (SSSR count). The molecule has 1 N–H and O–H groups in total. The molecule has 0 aromatic heterocycles. The summed E-state index contributed by atoms with van der Waals surface area (Å²) in [6, 6.07) is 7.86. The van der Waals surface area contributed by atoms with E-state index in [9.17, 15) is 17.6 Å². The topological polar surface area (TPSA) is 81.7 Å². The molecule has 0 saturated carbocycles. The standard InChI is InChI=1S/C17H18FNO5S/c1-11-15(23-2)8-13(9-16(11)24-3)17(20)19-25(21,22)10-12-4-6-14(18)7-5-12/h4-9H,10H2,1-3H3,(H,19,20). The fourth-order valence-corrected chi connectivity index (χ4v) is 3.36. The van der Waals surface area contributed by atoms with E-state index >= 15 is 0 Å². The summed E-state index contributed by atoms with van der Waals surface area (Å²) in [4.78, 5) is 12.3. The molecular formula is C17H18FNO5S. The highest BCUT2D eigenvalue weighted by molar-refractivity contribution is 7.89. The predicted molar refractivity (Wildman–Crippen MR) is 90.8 cm³/mol. The van der Waals surface area contributed by atoms with E-state index in [-0.39, 0.29) is 5.56 Å². The van der Waals surface area contributed by atoms with Crippen LogP contribution < -0.4 is 14.2 Å². The number of carbonyl (C=O) groups is 1. The highest BCUT2D eigenvalue weighted by atomic mass is 32.2. The van der Waals surface area contributed by atoms with Crippen LogP contribution in [0.15, 0.2) is 36.4 Å². The van der Waals surface area contributed by atoms with Gasteiger partial charge in [0.15, 0.2) is 0 Å². The Bertz CT molecular complexity index is 853. The van der Waals surface area contributed by atoms with Gasteiger partial charge in [-0.3, -0.25) is 4.79 Å². The van der Waals surface area contributed by atoms with Crippen LogP contribution in [0.2, 0.25) is 0 Å². The number of methoxy groups -OCH3 is 2. The molecule has 25 heavy (non-hydrogen) atoms. The summed E-state index contributed by atoms with van der Waals surface area (Å²) in [7, 11) is -1.07. The van der Waals surface area contributed by atoms with Crippen molar-refractivity contribution >= 4 is 15.9 Å². The lowest BCUT2D eigenvalue weighted by Crippen LogP contribution is -2.31. The lowest BCUT2D eigenvalue weighted by molar-refractivity contribution is 0.0980. The van der Waals surface area contributed by atoms with Crippen LogP contribution in [0.5, 0.6) is 11.5 Å². The SMILES string of the molecule is COc1cc(C(=O)NS(=O)(=O)Cc2ccc(F)cc2)cc(OC)c1C. The summed E-state index contributed by atoms with van der Waals surface area (Å²) in [5.41, 5.74) is 1.14. The number of rotatable bonds is 6. The van der Waals surface area contributed by atoms with E-state index in [1.54, 1.807) is 6.92 Å². The van der Waals surface area contributed by atoms with Gasteiger partial charge < -0.3 is 9.47 Å². The van der Waals surface area contributed by atoms with Crippen LogP contribution in [-0.4, -0.2) is 28.5 Å². The average molecular weight is 367 g/mol. The number of sulfonamides is 1. The molecule has 8 heteroatoms. The largest absolute Gasteiger partial charge is 0.496 e. The Labute approximate surface area is 145 Å². The number of hydrogen-bond donors (Lipinski definition) is 1. The molecule has 0 unspecified atom stereocenters.